The number of carboxylic acid groups (broad SMARTS) is 1. The van der Waals surface area contributed by atoms with Crippen LogP contribution in [-0.2, 0) is 0 Å². The molecule has 0 atom stereocenters. The summed E-state index contributed by atoms with van der Waals surface area (Å²) in [6, 6.07) is 12.0. The zero-order chi connectivity index (χ0) is 22.4. The van der Waals surface area contributed by atoms with Crippen LogP contribution in [-0.4, -0.2) is 11.1 Å². The van der Waals surface area contributed by atoms with Crippen molar-refractivity contribution in [2.24, 2.45) is 5.92 Å². The second kappa shape index (κ2) is 10.7. The lowest BCUT2D eigenvalue weighted by Gasteiger charge is -2.27. The maximum atomic E-state index is 14.4. The van der Waals surface area contributed by atoms with Gasteiger partial charge in [-0.15, -0.1) is 0 Å². The Morgan fingerprint density at radius 1 is 1.00 bits per heavy atom. The van der Waals surface area contributed by atoms with E-state index in [0.717, 1.165) is 37.2 Å². The summed E-state index contributed by atoms with van der Waals surface area (Å²) in [5.41, 5.74) is 2.90. The van der Waals surface area contributed by atoms with E-state index in [1.54, 1.807) is 18.2 Å². The average molecular weight is 427 g/mol. The van der Waals surface area contributed by atoms with Gasteiger partial charge in [0.1, 0.15) is 5.83 Å². The molecule has 1 aliphatic rings. The maximum Gasteiger partial charge on any atom is 0.336 e. The standard InChI is InChI=1S/C27H32F2O2/c1-3-4-5-6-25(28)26(29)21-13-11-20(12-14-21)24-17-22(15-16-23(24)27(30)31)19-9-7-18(2)8-10-19/h11-19H,3-10H2,1-2H3,(H,30,31)/b26-25+. The number of halogens is 2. The Morgan fingerprint density at radius 3 is 2.29 bits per heavy atom. The van der Waals surface area contributed by atoms with Gasteiger partial charge in [0, 0.05) is 12.0 Å². The van der Waals surface area contributed by atoms with Gasteiger partial charge in [-0.25, -0.2) is 13.6 Å². The fourth-order valence-corrected chi connectivity index (χ4v) is 4.43. The van der Waals surface area contributed by atoms with Crippen molar-refractivity contribution < 1.29 is 18.7 Å². The topological polar surface area (TPSA) is 37.3 Å². The largest absolute Gasteiger partial charge is 0.478 e. The molecule has 0 bridgehead atoms. The van der Waals surface area contributed by atoms with E-state index in [1.165, 1.54) is 25.0 Å². The van der Waals surface area contributed by atoms with Crippen molar-refractivity contribution in [2.75, 3.05) is 0 Å². The average Bonchev–Trinajstić information content (AvgIpc) is 2.79. The minimum Gasteiger partial charge on any atom is -0.478 e. The number of hydrogen-bond donors (Lipinski definition) is 1. The third kappa shape index (κ3) is 5.81. The molecule has 2 nitrogen and oxygen atoms in total. The van der Waals surface area contributed by atoms with Crippen molar-refractivity contribution in [3.63, 3.8) is 0 Å². The lowest BCUT2D eigenvalue weighted by molar-refractivity contribution is 0.0697. The monoisotopic (exact) mass is 426 g/mol. The fraction of sp³-hybridized carbons (Fsp3) is 0.444. The second-order valence-corrected chi connectivity index (χ2v) is 8.82. The molecule has 0 aromatic heterocycles. The minimum absolute atomic E-state index is 0.104. The van der Waals surface area contributed by atoms with Crippen molar-refractivity contribution >= 4 is 11.8 Å². The molecule has 1 N–H and O–H groups in total. The SMILES string of the molecule is CCCCC/C(F)=C(\F)c1ccc(-c2cc(C3CCC(C)CC3)ccc2C(=O)O)cc1. The summed E-state index contributed by atoms with van der Waals surface area (Å²) >= 11 is 0. The Bertz CT molecular complexity index is 923. The summed E-state index contributed by atoms with van der Waals surface area (Å²) in [6.45, 7) is 4.29. The maximum absolute atomic E-state index is 14.4. The van der Waals surface area contributed by atoms with Gasteiger partial charge < -0.3 is 5.11 Å². The van der Waals surface area contributed by atoms with E-state index in [1.807, 2.05) is 19.1 Å². The molecule has 1 fully saturated rings. The van der Waals surface area contributed by atoms with E-state index >= 15 is 0 Å². The van der Waals surface area contributed by atoms with Crippen molar-refractivity contribution in [2.45, 2.75) is 71.1 Å². The Morgan fingerprint density at radius 2 is 1.68 bits per heavy atom. The summed E-state index contributed by atoms with van der Waals surface area (Å²) in [7, 11) is 0. The molecule has 166 valence electrons. The smallest absolute Gasteiger partial charge is 0.336 e. The molecule has 0 radical (unpaired) electrons. The molecule has 0 unspecified atom stereocenters. The van der Waals surface area contributed by atoms with Gasteiger partial charge in [-0.05, 0) is 53.9 Å². The first-order valence-electron chi connectivity index (χ1n) is 11.4. The predicted molar refractivity (Wildman–Crippen MR) is 122 cm³/mol. The van der Waals surface area contributed by atoms with Crippen LogP contribution in [0.15, 0.2) is 48.3 Å². The van der Waals surface area contributed by atoms with E-state index in [0.29, 0.717) is 23.5 Å². The Hall–Kier alpha value is -2.49. The molecule has 31 heavy (non-hydrogen) atoms. The lowest BCUT2D eigenvalue weighted by atomic mass is 9.78. The van der Waals surface area contributed by atoms with Crippen LogP contribution < -0.4 is 0 Å². The highest BCUT2D eigenvalue weighted by atomic mass is 19.2. The zero-order valence-corrected chi connectivity index (χ0v) is 18.5. The molecule has 4 heteroatoms. The van der Waals surface area contributed by atoms with E-state index < -0.39 is 17.6 Å². The quantitative estimate of drug-likeness (QED) is 0.429. The normalized spacial score (nSPS) is 19.7. The highest BCUT2D eigenvalue weighted by Gasteiger charge is 2.22. The molecular weight excluding hydrogens is 394 g/mol. The van der Waals surface area contributed by atoms with E-state index in [9.17, 15) is 18.7 Å². The Balaban J connectivity index is 1.88. The first-order valence-corrected chi connectivity index (χ1v) is 11.4. The van der Waals surface area contributed by atoms with E-state index in [-0.39, 0.29) is 17.5 Å². The van der Waals surface area contributed by atoms with Gasteiger partial charge in [0.25, 0.3) is 0 Å². The summed E-state index contributed by atoms with van der Waals surface area (Å²) in [4.78, 5) is 11.8. The summed E-state index contributed by atoms with van der Waals surface area (Å²) in [5, 5.41) is 9.66. The van der Waals surface area contributed by atoms with Crippen molar-refractivity contribution in [1.82, 2.24) is 0 Å². The number of allylic oxidation sites excluding steroid dienone is 1. The van der Waals surface area contributed by atoms with Gasteiger partial charge in [0.05, 0.1) is 5.56 Å². The fourth-order valence-electron chi connectivity index (χ4n) is 4.43. The van der Waals surface area contributed by atoms with Crippen molar-refractivity contribution in [3.05, 3.63) is 65.0 Å². The Labute approximate surface area is 184 Å². The molecule has 3 rings (SSSR count). The number of carbonyl (C=O) groups is 1. The van der Waals surface area contributed by atoms with Gasteiger partial charge >= 0.3 is 5.97 Å². The van der Waals surface area contributed by atoms with Crippen LogP contribution in [0.4, 0.5) is 8.78 Å². The van der Waals surface area contributed by atoms with Crippen LogP contribution in [0.2, 0.25) is 0 Å². The van der Waals surface area contributed by atoms with Crippen LogP contribution in [0.25, 0.3) is 17.0 Å². The predicted octanol–water partition coefficient (Wildman–Crippen LogP) is 8.53. The number of benzene rings is 2. The van der Waals surface area contributed by atoms with Gasteiger partial charge in [-0.1, -0.05) is 75.9 Å². The van der Waals surface area contributed by atoms with Crippen LogP contribution in [0.5, 0.6) is 0 Å². The Kier molecular flexibility index (Phi) is 8.00. The molecular formula is C27H32F2O2. The van der Waals surface area contributed by atoms with E-state index in [2.05, 4.69) is 6.92 Å². The molecule has 2 aromatic rings. The van der Waals surface area contributed by atoms with Crippen molar-refractivity contribution in [1.29, 1.82) is 0 Å². The minimum atomic E-state index is -0.990. The number of hydrogen-bond acceptors (Lipinski definition) is 1. The molecule has 0 spiro atoms. The summed E-state index contributed by atoms with van der Waals surface area (Å²) < 4.78 is 28.6. The van der Waals surface area contributed by atoms with Gasteiger partial charge in [-0.3, -0.25) is 0 Å². The lowest BCUT2D eigenvalue weighted by Crippen LogP contribution is -2.11. The van der Waals surface area contributed by atoms with Crippen LogP contribution >= 0.6 is 0 Å². The molecule has 0 aliphatic heterocycles. The van der Waals surface area contributed by atoms with Crippen LogP contribution in [0.1, 0.15) is 92.6 Å². The number of carboxylic acids is 1. The van der Waals surface area contributed by atoms with Crippen LogP contribution in [0, 0.1) is 5.92 Å². The highest BCUT2D eigenvalue weighted by molar-refractivity contribution is 5.96. The zero-order valence-electron chi connectivity index (χ0n) is 18.5. The summed E-state index contributed by atoms with van der Waals surface area (Å²) in [5.74, 6) is -1.36. The third-order valence-electron chi connectivity index (χ3n) is 6.45. The molecule has 0 heterocycles. The third-order valence-corrected chi connectivity index (χ3v) is 6.45. The molecule has 0 saturated heterocycles. The molecule has 0 amide bonds. The first kappa shape index (κ1) is 23.2. The van der Waals surface area contributed by atoms with E-state index in [4.69, 9.17) is 0 Å². The van der Waals surface area contributed by atoms with Gasteiger partial charge in [0.2, 0.25) is 0 Å². The highest BCUT2D eigenvalue weighted by Crippen LogP contribution is 2.38. The molecule has 1 aliphatic carbocycles. The number of aromatic carboxylic acids is 1. The number of rotatable bonds is 8. The second-order valence-electron chi connectivity index (χ2n) is 8.82. The van der Waals surface area contributed by atoms with Gasteiger partial charge in [0.15, 0.2) is 5.83 Å². The summed E-state index contributed by atoms with van der Waals surface area (Å²) in [6.07, 6.45) is 7.14. The van der Waals surface area contributed by atoms with Crippen LogP contribution in [0.3, 0.4) is 0 Å². The van der Waals surface area contributed by atoms with Gasteiger partial charge in [-0.2, -0.15) is 0 Å². The molecule has 2 aromatic carbocycles. The first-order chi connectivity index (χ1) is 14.9. The number of unbranched alkanes of at least 4 members (excludes halogenated alkanes) is 2. The molecule has 1 saturated carbocycles. The van der Waals surface area contributed by atoms with Crippen molar-refractivity contribution in [3.8, 4) is 11.1 Å².